The Morgan fingerprint density at radius 3 is 2.93 bits per heavy atom. The molecule has 3 rings (SSSR count). The molecule has 28 heavy (non-hydrogen) atoms. The van der Waals surface area contributed by atoms with Crippen LogP contribution in [0.4, 0.5) is 5.82 Å². The zero-order valence-electron chi connectivity index (χ0n) is 15.2. The van der Waals surface area contributed by atoms with Crippen LogP contribution in [0.2, 0.25) is 0 Å². The Labute approximate surface area is 170 Å². The summed E-state index contributed by atoms with van der Waals surface area (Å²) in [4.78, 5) is 15.6. The van der Waals surface area contributed by atoms with E-state index in [2.05, 4.69) is 38.0 Å². The number of hydrogen-bond acceptors (Lipinski definition) is 6. The molecule has 9 heteroatoms. The van der Waals surface area contributed by atoms with Crippen LogP contribution in [0.5, 0.6) is 5.75 Å². The first-order valence-corrected chi connectivity index (χ1v) is 9.53. The predicted octanol–water partition coefficient (Wildman–Crippen LogP) is 3.80. The zero-order chi connectivity index (χ0) is 20.1. The van der Waals surface area contributed by atoms with E-state index in [4.69, 9.17) is 10.5 Å². The third-order valence-corrected chi connectivity index (χ3v) is 4.74. The summed E-state index contributed by atoms with van der Waals surface area (Å²) >= 11 is 3.27. The summed E-state index contributed by atoms with van der Waals surface area (Å²) < 4.78 is 8.32. The van der Waals surface area contributed by atoms with E-state index in [0.717, 1.165) is 12.8 Å². The SMILES string of the molecule is CC(CCCOc1ccc(Br)cc1C(=O)O)n1cnnc1-c1cccc(N)n1. The number of nitrogens with two attached hydrogens (primary N) is 1. The molecule has 0 aliphatic carbocycles. The van der Waals surface area contributed by atoms with Crippen molar-refractivity contribution < 1.29 is 14.6 Å². The quantitative estimate of drug-likeness (QED) is 0.506. The number of aromatic nitrogens is 4. The number of pyridine rings is 1. The summed E-state index contributed by atoms with van der Waals surface area (Å²) in [6, 6.07) is 10.4. The number of benzene rings is 1. The summed E-state index contributed by atoms with van der Waals surface area (Å²) in [5.74, 6) is 0.421. The van der Waals surface area contributed by atoms with E-state index >= 15 is 0 Å². The van der Waals surface area contributed by atoms with Crippen LogP contribution < -0.4 is 10.5 Å². The van der Waals surface area contributed by atoms with Crippen molar-refractivity contribution >= 4 is 27.7 Å². The third-order valence-electron chi connectivity index (χ3n) is 4.24. The number of carboxylic acid groups (broad SMARTS) is 1. The van der Waals surface area contributed by atoms with Gasteiger partial charge in [0.15, 0.2) is 5.82 Å². The molecule has 0 radical (unpaired) electrons. The van der Waals surface area contributed by atoms with Crippen LogP contribution in [-0.4, -0.2) is 37.4 Å². The van der Waals surface area contributed by atoms with E-state index in [9.17, 15) is 9.90 Å². The second kappa shape index (κ2) is 8.83. The molecule has 0 saturated carbocycles. The van der Waals surface area contributed by atoms with Crippen molar-refractivity contribution in [2.24, 2.45) is 0 Å². The van der Waals surface area contributed by atoms with E-state index in [1.165, 1.54) is 6.07 Å². The summed E-state index contributed by atoms with van der Waals surface area (Å²) in [6.07, 6.45) is 3.20. The molecule has 2 aromatic heterocycles. The Bertz CT molecular complexity index is 976. The first-order chi connectivity index (χ1) is 13.5. The molecule has 0 spiro atoms. The number of aromatic carboxylic acids is 1. The summed E-state index contributed by atoms with van der Waals surface area (Å²) in [6.45, 7) is 2.46. The lowest BCUT2D eigenvalue weighted by Crippen LogP contribution is -2.10. The highest BCUT2D eigenvalue weighted by Gasteiger charge is 2.15. The van der Waals surface area contributed by atoms with E-state index in [1.54, 1.807) is 24.5 Å². The van der Waals surface area contributed by atoms with Gasteiger partial charge in [0.25, 0.3) is 0 Å². The highest BCUT2D eigenvalue weighted by molar-refractivity contribution is 9.10. The van der Waals surface area contributed by atoms with Gasteiger partial charge in [0.1, 0.15) is 29.2 Å². The topological polar surface area (TPSA) is 116 Å². The van der Waals surface area contributed by atoms with Gasteiger partial charge in [-0.2, -0.15) is 0 Å². The van der Waals surface area contributed by atoms with Gasteiger partial charge in [-0.15, -0.1) is 10.2 Å². The number of anilines is 1. The smallest absolute Gasteiger partial charge is 0.339 e. The molecule has 3 N–H and O–H groups in total. The summed E-state index contributed by atoms with van der Waals surface area (Å²) in [5.41, 5.74) is 6.56. The minimum Gasteiger partial charge on any atom is -0.493 e. The Balaban J connectivity index is 1.60. The largest absolute Gasteiger partial charge is 0.493 e. The maximum atomic E-state index is 11.3. The second-order valence-corrected chi connectivity index (χ2v) is 7.21. The molecule has 8 nitrogen and oxygen atoms in total. The van der Waals surface area contributed by atoms with Gasteiger partial charge in [0.2, 0.25) is 0 Å². The molecule has 1 atom stereocenters. The molecule has 0 aliphatic rings. The molecule has 146 valence electrons. The molecule has 0 bridgehead atoms. The minimum atomic E-state index is -1.02. The average molecular weight is 446 g/mol. The van der Waals surface area contributed by atoms with Crippen LogP contribution >= 0.6 is 15.9 Å². The molecule has 2 heterocycles. The molecule has 3 aromatic rings. The van der Waals surface area contributed by atoms with Crippen LogP contribution in [0.15, 0.2) is 47.2 Å². The monoisotopic (exact) mass is 445 g/mol. The van der Waals surface area contributed by atoms with Gasteiger partial charge in [0, 0.05) is 10.5 Å². The number of hydrogen-bond donors (Lipinski definition) is 2. The Hall–Kier alpha value is -2.94. The second-order valence-electron chi connectivity index (χ2n) is 6.29. The Morgan fingerprint density at radius 1 is 1.36 bits per heavy atom. The van der Waals surface area contributed by atoms with Gasteiger partial charge in [-0.25, -0.2) is 9.78 Å². The van der Waals surface area contributed by atoms with E-state index in [-0.39, 0.29) is 11.6 Å². The van der Waals surface area contributed by atoms with Gasteiger partial charge in [-0.1, -0.05) is 22.0 Å². The average Bonchev–Trinajstić information content (AvgIpc) is 3.16. The normalized spacial score (nSPS) is 11.9. The molecule has 1 unspecified atom stereocenters. The lowest BCUT2D eigenvalue weighted by molar-refractivity contribution is 0.0692. The third kappa shape index (κ3) is 4.66. The molecule has 0 saturated heterocycles. The first kappa shape index (κ1) is 19.8. The lowest BCUT2D eigenvalue weighted by atomic mass is 10.1. The highest BCUT2D eigenvalue weighted by Crippen LogP contribution is 2.25. The Morgan fingerprint density at radius 2 is 2.18 bits per heavy atom. The molecule has 1 aromatic carbocycles. The maximum absolute atomic E-state index is 11.3. The number of ether oxygens (including phenoxy) is 1. The van der Waals surface area contributed by atoms with Crippen LogP contribution in [0.1, 0.15) is 36.2 Å². The summed E-state index contributed by atoms with van der Waals surface area (Å²) in [5, 5.41) is 17.4. The van der Waals surface area contributed by atoms with Crippen molar-refractivity contribution in [3.8, 4) is 17.3 Å². The Kier molecular flexibility index (Phi) is 6.25. The van der Waals surface area contributed by atoms with Crippen LogP contribution in [0, 0.1) is 0 Å². The van der Waals surface area contributed by atoms with Crippen LogP contribution in [0.25, 0.3) is 11.5 Å². The van der Waals surface area contributed by atoms with Gasteiger partial charge in [-0.05, 0) is 50.1 Å². The van der Waals surface area contributed by atoms with E-state index in [1.807, 2.05) is 16.7 Å². The lowest BCUT2D eigenvalue weighted by Gasteiger charge is -2.16. The fraction of sp³-hybridized carbons (Fsp3) is 0.263. The molecular formula is C19H20BrN5O3. The predicted molar refractivity (Wildman–Crippen MR) is 108 cm³/mol. The number of carbonyl (C=O) groups is 1. The van der Waals surface area contributed by atoms with Crippen molar-refractivity contribution in [1.29, 1.82) is 0 Å². The fourth-order valence-corrected chi connectivity index (χ4v) is 3.18. The van der Waals surface area contributed by atoms with E-state index in [0.29, 0.717) is 34.2 Å². The van der Waals surface area contributed by atoms with Gasteiger partial charge < -0.3 is 20.1 Å². The van der Waals surface area contributed by atoms with Crippen LogP contribution in [-0.2, 0) is 0 Å². The number of halogens is 1. The van der Waals surface area contributed by atoms with Crippen molar-refractivity contribution in [2.45, 2.75) is 25.8 Å². The van der Waals surface area contributed by atoms with Crippen LogP contribution in [0.3, 0.4) is 0 Å². The van der Waals surface area contributed by atoms with Crippen molar-refractivity contribution in [1.82, 2.24) is 19.7 Å². The standard InChI is InChI=1S/C19H20BrN5O3/c1-12(25-11-22-24-18(25)15-5-2-6-17(21)23-15)4-3-9-28-16-8-7-13(20)10-14(16)19(26)27/h2,5-8,10-12H,3-4,9H2,1H3,(H2,21,23)(H,26,27). The number of carboxylic acids is 1. The van der Waals surface area contributed by atoms with Crippen molar-refractivity contribution in [3.05, 3.63) is 52.8 Å². The van der Waals surface area contributed by atoms with Gasteiger partial charge in [-0.3, -0.25) is 0 Å². The number of nitrogens with zero attached hydrogens (tertiary/aromatic N) is 4. The number of nitrogen functional groups attached to an aromatic ring is 1. The number of rotatable bonds is 8. The maximum Gasteiger partial charge on any atom is 0.339 e. The van der Waals surface area contributed by atoms with Gasteiger partial charge in [0.05, 0.1) is 6.61 Å². The van der Waals surface area contributed by atoms with Gasteiger partial charge >= 0.3 is 5.97 Å². The molecule has 0 fully saturated rings. The highest BCUT2D eigenvalue weighted by atomic mass is 79.9. The molecule has 0 amide bonds. The van der Waals surface area contributed by atoms with E-state index < -0.39 is 5.97 Å². The minimum absolute atomic E-state index is 0.112. The van der Waals surface area contributed by atoms with Crippen molar-refractivity contribution in [3.63, 3.8) is 0 Å². The zero-order valence-corrected chi connectivity index (χ0v) is 16.8. The molecular weight excluding hydrogens is 426 g/mol. The fourth-order valence-electron chi connectivity index (χ4n) is 2.82. The first-order valence-electron chi connectivity index (χ1n) is 8.73. The summed E-state index contributed by atoms with van der Waals surface area (Å²) in [7, 11) is 0. The van der Waals surface area contributed by atoms with Crippen molar-refractivity contribution in [2.75, 3.05) is 12.3 Å². The molecule has 0 aliphatic heterocycles.